The molecule has 0 bridgehead atoms. The fourth-order valence-electron chi connectivity index (χ4n) is 1.47. The standard InChI is InChI=1S/C12H14N2O3S/c1-8(15)4-5-13-12(16)10-11(17-7-14-10)9-3-2-6-18-9/h2-3,6-8,15H,4-5H2,1H3,(H,13,16). The van der Waals surface area contributed by atoms with Gasteiger partial charge in [-0.05, 0) is 24.8 Å². The van der Waals surface area contributed by atoms with Crippen LogP contribution >= 0.6 is 11.3 Å². The molecule has 2 aromatic rings. The van der Waals surface area contributed by atoms with Gasteiger partial charge in [0.25, 0.3) is 5.91 Å². The van der Waals surface area contributed by atoms with Crippen LogP contribution in [0.25, 0.3) is 10.6 Å². The number of carbonyl (C=O) groups is 1. The maximum absolute atomic E-state index is 11.9. The molecule has 0 saturated heterocycles. The Bertz CT molecular complexity index is 505. The zero-order valence-electron chi connectivity index (χ0n) is 9.92. The molecule has 1 unspecified atom stereocenters. The number of rotatable bonds is 5. The first-order chi connectivity index (χ1) is 8.68. The van der Waals surface area contributed by atoms with Crippen molar-refractivity contribution in [3.8, 4) is 10.6 Å². The van der Waals surface area contributed by atoms with E-state index in [4.69, 9.17) is 9.52 Å². The van der Waals surface area contributed by atoms with Crippen LogP contribution in [0.5, 0.6) is 0 Å². The first-order valence-corrected chi connectivity index (χ1v) is 6.50. The van der Waals surface area contributed by atoms with Crippen LogP contribution in [0, 0.1) is 0 Å². The number of aromatic nitrogens is 1. The number of aliphatic hydroxyl groups is 1. The average molecular weight is 266 g/mol. The highest BCUT2D eigenvalue weighted by molar-refractivity contribution is 7.13. The molecule has 0 fully saturated rings. The van der Waals surface area contributed by atoms with Gasteiger partial charge in [0.1, 0.15) is 0 Å². The number of carbonyl (C=O) groups excluding carboxylic acids is 1. The third-order valence-electron chi connectivity index (χ3n) is 2.38. The monoisotopic (exact) mass is 266 g/mol. The van der Waals surface area contributed by atoms with Gasteiger partial charge < -0.3 is 14.8 Å². The van der Waals surface area contributed by atoms with Gasteiger partial charge >= 0.3 is 0 Å². The maximum atomic E-state index is 11.9. The topological polar surface area (TPSA) is 75.4 Å². The Balaban J connectivity index is 2.05. The lowest BCUT2D eigenvalue weighted by Crippen LogP contribution is -2.27. The van der Waals surface area contributed by atoms with Gasteiger partial charge in [-0.25, -0.2) is 4.98 Å². The molecule has 1 atom stereocenters. The van der Waals surface area contributed by atoms with E-state index in [2.05, 4.69) is 10.3 Å². The zero-order valence-corrected chi connectivity index (χ0v) is 10.7. The van der Waals surface area contributed by atoms with E-state index in [0.29, 0.717) is 18.7 Å². The van der Waals surface area contributed by atoms with Crippen LogP contribution in [0.1, 0.15) is 23.8 Å². The fourth-order valence-corrected chi connectivity index (χ4v) is 2.18. The van der Waals surface area contributed by atoms with Crippen molar-refractivity contribution in [2.45, 2.75) is 19.4 Å². The molecule has 0 spiro atoms. The first-order valence-electron chi connectivity index (χ1n) is 5.62. The van der Waals surface area contributed by atoms with E-state index in [1.807, 2.05) is 17.5 Å². The molecule has 2 rings (SSSR count). The predicted molar refractivity (Wildman–Crippen MR) is 68.4 cm³/mol. The van der Waals surface area contributed by atoms with Crippen molar-refractivity contribution in [2.75, 3.05) is 6.54 Å². The van der Waals surface area contributed by atoms with Crippen molar-refractivity contribution in [2.24, 2.45) is 0 Å². The van der Waals surface area contributed by atoms with Crippen LogP contribution in [0.4, 0.5) is 0 Å². The molecule has 96 valence electrons. The van der Waals surface area contributed by atoms with Crippen molar-refractivity contribution in [1.82, 2.24) is 10.3 Å². The summed E-state index contributed by atoms with van der Waals surface area (Å²) in [6.45, 7) is 2.09. The van der Waals surface area contributed by atoms with Crippen LogP contribution in [-0.2, 0) is 0 Å². The summed E-state index contributed by atoms with van der Waals surface area (Å²) in [5.41, 5.74) is 0.281. The molecule has 2 aromatic heterocycles. The molecule has 2 heterocycles. The summed E-state index contributed by atoms with van der Waals surface area (Å²) in [4.78, 5) is 16.7. The van der Waals surface area contributed by atoms with E-state index < -0.39 is 6.10 Å². The number of aliphatic hydroxyl groups excluding tert-OH is 1. The number of thiophene rings is 1. The lowest BCUT2D eigenvalue weighted by atomic mass is 10.2. The highest BCUT2D eigenvalue weighted by Gasteiger charge is 2.18. The number of hydrogen-bond acceptors (Lipinski definition) is 5. The van der Waals surface area contributed by atoms with Gasteiger partial charge in [0, 0.05) is 6.54 Å². The fraction of sp³-hybridized carbons (Fsp3) is 0.333. The van der Waals surface area contributed by atoms with E-state index >= 15 is 0 Å². The molecule has 2 N–H and O–H groups in total. The number of nitrogens with one attached hydrogen (secondary N) is 1. The molecule has 0 aromatic carbocycles. The minimum Gasteiger partial charge on any atom is -0.442 e. The Morgan fingerprint density at radius 1 is 1.67 bits per heavy atom. The van der Waals surface area contributed by atoms with Crippen LogP contribution < -0.4 is 5.32 Å². The highest BCUT2D eigenvalue weighted by Crippen LogP contribution is 2.27. The van der Waals surface area contributed by atoms with Crippen LogP contribution in [0.3, 0.4) is 0 Å². The predicted octanol–water partition coefficient (Wildman–Crippen LogP) is 1.90. The summed E-state index contributed by atoms with van der Waals surface area (Å²) < 4.78 is 5.25. The summed E-state index contributed by atoms with van der Waals surface area (Å²) in [5, 5.41) is 13.7. The number of nitrogens with zero attached hydrogens (tertiary/aromatic N) is 1. The van der Waals surface area contributed by atoms with Gasteiger partial charge in [0.15, 0.2) is 17.8 Å². The Morgan fingerprint density at radius 2 is 2.50 bits per heavy atom. The largest absolute Gasteiger partial charge is 0.442 e. The van der Waals surface area contributed by atoms with Crippen molar-refractivity contribution in [1.29, 1.82) is 0 Å². The molecule has 0 saturated carbocycles. The van der Waals surface area contributed by atoms with E-state index in [1.54, 1.807) is 6.92 Å². The average Bonchev–Trinajstić information content (AvgIpc) is 2.99. The lowest BCUT2D eigenvalue weighted by molar-refractivity contribution is 0.0941. The maximum Gasteiger partial charge on any atom is 0.273 e. The van der Waals surface area contributed by atoms with Crippen molar-refractivity contribution in [3.05, 3.63) is 29.6 Å². The minimum absolute atomic E-state index is 0.281. The molecular weight excluding hydrogens is 252 g/mol. The smallest absolute Gasteiger partial charge is 0.273 e. The highest BCUT2D eigenvalue weighted by atomic mass is 32.1. The van der Waals surface area contributed by atoms with Gasteiger partial charge in [-0.15, -0.1) is 11.3 Å². The second-order valence-corrected chi connectivity index (χ2v) is 4.85. The number of oxazole rings is 1. The Morgan fingerprint density at radius 3 is 3.17 bits per heavy atom. The Hall–Kier alpha value is -1.66. The van der Waals surface area contributed by atoms with Gasteiger partial charge in [-0.1, -0.05) is 6.07 Å². The molecule has 0 aliphatic heterocycles. The molecule has 18 heavy (non-hydrogen) atoms. The van der Waals surface area contributed by atoms with Crippen LogP contribution in [0.2, 0.25) is 0 Å². The molecule has 0 aliphatic carbocycles. The van der Waals surface area contributed by atoms with Crippen molar-refractivity contribution < 1.29 is 14.3 Å². The van der Waals surface area contributed by atoms with Gasteiger partial charge in [0.2, 0.25) is 0 Å². The second-order valence-electron chi connectivity index (χ2n) is 3.90. The van der Waals surface area contributed by atoms with E-state index in [0.717, 1.165) is 4.88 Å². The Labute approximate surface area is 108 Å². The summed E-state index contributed by atoms with van der Waals surface area (Å²) >= 11 is 1.49. The van der Waals surface area contributed by atoms with Gasteiger partial charge in [-0.2, -0.15) is 0 Å². The molecule has 0 aliphatic rings. The van der Waals surface area contributed by atoms with Crippen molar-refractivity contribution >= 4 is 17.2 Å². The number of hydrogen-bond donors (Lipinski definition) is 2. The molecule has 5 nitrogen and oxygen atoms in total. The molecule has 1 amide bonds. The molecular formula is C12H14N2O3S. The molecule has 0 radical (unpaired) electrons. The van der Waals surface area contributed by atoms with E-state index in [9.17, 15) is 4.79 Å². The Kier molecular flexibility index (Phi) is 4.11. The van der Waals surface area contributed by atoms with Gasteiger partial charge in [0.05, 0.1) is 11.0 Å². The van der Waals surface area contributed by atoms with Crippen LogP contribution in [-0.4, -0.2) is 28.6 Å². The summed E-state index contributed by atoms with van der Waals surface area (Å²) in [6, 6.07) is 3.76. The lowest BCUT2D eigenvalue weighted by Gasteiger charge is -2.05. The summed E-state index contributed by atoms with van der Waals surface area (Å²) in [7, 11) is 0. The third kappa shape index (κ3) is 2.96. The first kappa shape index (κ1) is 12.8. The SMILES string of the molecule is CC(O)CCNC(=O)c1ncoc1-c1cccs1. The third-order valence-corrected chi connectivity index (χ3v) is 3.24. The minimum atomic E-state index is -0.431. The summed E-state index contributed by atoms with van der Waals surface area (Å²) in [6.07, 6.45) is 1.34. The van der Waals surface area contributed by atoms with E-state index in [1.165, 1.54) is 17.7 Å². The van der Waals surface area contributed by atoms with E-state index in [-0.39, 0.29) is 11.6 Å². The van der Waals surface area contributed by atoms with Crippen molar-refractivity contribution in [3.63, 3.8) is 0 Å². The normalized spacial score (nSPS) is 12.3. The molecule has 6 heteroatoms. The second kappa shape index (κ2) is 5.79. The van der Waals surface area contributed by atoms with Crippen LogP contribution in [0.15, 0.2) is 28.3 Å². The van der Waals surface area contributed by atoms with Gasteiger partial charge in [-0.3, -0.25) is 4.79 Å². The summed E-state index contributed by atoms with van der Waals surface area (Å²) in [5.74, 6) is 0.201. The quantitative estimate of drug-likeness (QED) is 0.866. The zero-order chi connectivity index (χ0) is 13.0. The number of amides is 1.